The van der Waals surface area contributed by atoms with Crippen molar-refractivity contribution < 1.29 is 8.83 Å². The van der Waals surface area contributed by atoms with Crippen molar-refractivity contribution in [1.29, 1.82) is 0 Å². The third-order valence-electron chi connectivity index (χ3n) is 3.30. The topological polar surface area (TPSA) is 52.1 Å². The molecule has 4 rings (SSSR count). The SMILES string of the molecule is Cc1ccc(-c2nc3cc4oc(C)nc4cc3o2)cc1. The number of hydrogen-bond donors (Lipinski definition) is 0. The summed E-state index contributed by atoms with van der Waals surface area (Å²) in [6.45, 7) is 3.88. The third kappa shape index (κ3) is 1.69. The number of fused-ring (bicyclic) bond motifs is 2. The number of rotatable bonds is 1. The highest BCUT2D eigenvalue weighted by atomic mass is 16.4. The van der Waals surface area contributed by atoms with Crippen molar-refractivity contribution in [2.75, 3.05) is 0 Å². The van der Waals surface area contributed by atoms with Gasteiger partial charge in [0.2, 0.25) is 5.89 Å². The Balaban J connectivity index is 1.91. The molecule has 0 saturated heterocycles. The molecule has 2 aromatic carbocycles. The lowest BCUT2D eigenvalue weighted by atomic mass is 10.1. The van der Waals surface area contributed by atoms with Gasteiger partial charge in [-0.2, -0.15) is 0 Å². The average molecular weight is 264 g/mol. The van der Waals surface area contributed by atoms with E-state index in [0.717, 1.165) is 27.8 Å². The summed E-state index contributed by atoms with van der Waals surface area (Å²) in [5.74, 6) is 1.26. The Kier molecular flexibility index (Phi) is 2.21. The monoisotopic (exact) mass is 264 g/mol. The smallest absolute Gasteiger partial charge is 0.227 e. The van der Waals surface area contributed by atoms with Crippen molar-refractivity contribution in [3.8, 4) is 11.5 Å². The zero-order valence-electron chi connectivity index (χ0n) is 11.2. The van der Waals surface area contributed by atoms with Crippen molar-refractivity contribution in [1.82, 2.24) is 9.97 Å². The molecular formula is C16H12N2O2. The van der Waals surface area contributed by atoms with E-state index in [1.54, 1.807) is 0 Å². The zero-order chi connectivity index (χ0) is 13.7. The lowest BCUT2D eigenvalue weighted by Crippen LogP contribution is -1.77. The molecule has 2 aromatic heterocycles. The Hall–Kier alpha value is -2.62. The molecule has 4 aromatic rings. The molecule has 0 amide bonds. The first-order chi connectivity index (χ1) is 9.69. The number of hydrogen-bond acceptors (Lipinski definition) is 4. The minimum Gasteiger partial charge on any atom is -0.441 e. The van der Waals surface area contributed by atoms with Crippen LogP contribution in [0, 0.1) is 13.8 Å². The maximum absolute atomic E-state index is 5.82. The second-order valence-corrected chi connectivity index (χ2v) is 4.91. The van der Waals surface area contributed by atoms with E-state index in [-0.39, 0.29) is 0 Å². The Morgan fingerprint density at radius 1 is 0.800 bits per heavy atom. The average Bonchev–Trinajstić information content (AvgIpc) is 2.97. The van der Waals surface area contributed by atoms with Gasteiger partial charge < -0.3 is 8.83 Å². The standard InChI is InChI=1S/C16H12N2O2/c1-9-3-5-11(6-4-9)16-18-13-8-14-12(7-15(13)20-16)17-10(2)19-14/h3-8H,1-2H3. The van der Waals surface area contributed by atoms with Crippen molar-refractivity contribution in [3.63, 3.8) is 0 Å². The zero-order valence-corrected chi connectivity index (χ0v) is 11.2. The number of aromatic nitrogens is 2. The fraction of sp³-hybridized carbons (Fsp3) is 0.125. The normalized spacial score (nSPS) is 11.5. The first kappa shape index (κ1) is 11.2. The molecule has 0 aliphatic rings. The predicted octanol–water partition coefficient (Wildman–Crippen LogP) is 4.25. The molecule has 0 unspecified atom stereocenters. The van der Waals surface area contributed by atoms with Crippen LogP contribution in [0.25, 0.3) is 33.7 Å². The van der Waals surface area contributed by atoms with Crippen LogP contribution < -0.4 is 0 Å². The summed E-state index contributed by atoms with van der Waals surface area (Å²) in [6, 6.07) is 11.8. The van der Waals surface area contributed by atoms with E-state index >= 15 is 0 Å². The number of nitrogens with zero attached hydrogens (tertiary/aromatic N) is 2. The van der Waals surface area contributed by atoms with Gasteiger partial charge in [0, 0.05) is 24.6 Å². The van der Waals surface area contributed by atoms with Gasteiger partial charge >= 0.3 is 0 Å². The Morgan fingerprint density at radius 3 is 2.20 bits per heavy atom. The van der Waals surface area contributed by atoms with Crippen LogP contribution in [0.4, 0.5) is 0 Å². The molecule has 0 aliphatic carbocycles. The molecule has 0 aliphatic heterocycles. The van der Waals surface area contributed by atoms with Crippen LogP contribution in [0.5, 0.6) is 0 Å². The summed E-state index contributed by atoms with van der Waals surface area (Å²) in [7, 11) is 0. The largest absolute Gasteiger partial charge is 0.441 e. The highest BCUT2D eigenvalue weighted by Crippen LogP contribution is 2.28. The molecule has 20 heavy (non-hydrogen) atoms. The van der Waals surface area contributed by atoms with Gasteiger partial charge in [-0.1, -0.05) is 17.7 Å². The van der Waals surface area contributed by atoms with Crippen molar-refractivity contribution in [3.05, 3.63) is 47.9 Å². The summed E-state index contributed by atoms with van der Waals surface area (Å²) in [4.78, 5) is 8.82. The molecule has 0 atom stereocenters. The maximum Gasteiger partial charge on any atom is 0.227 e. The first-order valence-corrected chi connectivity index (χ1v) is 6.44. The van der Waals surface area contributed by atoms with Gasteiger partial charge in [-0.25, -0.2) is 9.97 Å². The van der Waals surface area contributed by atoms with E-state index in [9.17, 15) is 0 Å². The summed E-state index contributed by atoms with van der Waals surface area (Å²) in [6.07, 6.45) is 0. The fourth-order valence-electron chi connectivity index (χ4n) is 2.28. The third-order valence-corrected chi connectivity index (χ3v) is 3.30. The second-order valence-electron chi connectivity index (χ2n) is 4.91. The van der Waals surface area contributed by atoms with Gasteiger partial charge in [0.25, 0.3) is 0 Å². The van der Waals surface area contributed by atoms with Crippen LogP contribution >= 0.6 is 0 Å². The molecule has 0 saturated carbocycles. The molecule has 0 fully saturated rings. The number of aryl methyl sites for hydroxylation is 2. The summed E-state index contributed by atoms with van der Waals surface area (Å²) in [5.41, 5.74) is 5.21. The van der Waals surface area contributed by atoms with E-state index in [0.29, 0.717) is 11.8 Å². The molecule has 0 bridgehead atoms. The molecule has 2 heterocycles. The van der Waals surface area contributed by atoms with E-state index in [4.69, 9.17) is 8.83 Å². The summed E-state index contributed by atoms with van der Waals surface area (Å²) in [5, 5.41) is 0. The highest BCUT2D eigenvalue weighted by molar-refractivity contribution is 5.90. The number of oxazole rings is 2. The van der Waals surface area contributed by atoms with Gasteiger partial charge in [0.1, 0.15) is 11.0 Å². The minimum atomic E-state index is 0.615. The molecule has 98 valence electrons. The Morgan fingerprint density at radius 2 is 1.45 bits per heavy atom. The molecular weight excluding hydrogens is 252 g/mol. The summed E-state index contributed by atoms with van der Waals surface area (Å²) < 4.78 is 11.3. The fourth-order valence-corrected chi connectivity index (χ4v) is 2.28. The van der Waals surface area contributed by atoms with E-state index in [1.165, 1.54) is 5.56 Å². The van der Waals surface area contributed by atoms with Gasteiger partial charge in [0.05, 0.1) is 0 Å². The van der Waals surface area contributed by atoms with Crippen LogP contribution in [-0.4, -0.2) is 9.97 Å². The maximum atomic E-state index is 5.82. The lowest BCUT2D eigenvalue weighted by molar-refractivity contribution is 0.561. The van der Waals surface area contributed by atoms with Gasteiger partial charge in [-0.15, -0.1) is 0 Å². The van der Waals surface area contributed by atoms with Crippen molar-refractivity contribution in [2.45, 2.75) is 13.8 Å². The lowest BCUT2D eigenvalue weighted by Gasteiger charge is -1.95. The van der Waals surface area contributed by atoms with Crippen LogP contribution in [0.1, 0.15) is 11.5 Å². The second kappa shape index (κ2) is 3.93. The van der Waals surface area contributed by atoms with Crippen LogP contribution in [0.3, 0.4) is 0 Å². The Labute approximate surface area is 115 Å². The molecule has 4 heteroatoms. The van der Waals surface area contributed by atoms with Crippen LogP contribution in [-0.2, 0) is 0 Å². The Bertz CT molecular complexity index is 866. The van der Waals surface area contributed by atoms with Crippen molar-refractivity contribution >= 4 is 22.2 Å². The van der Waals surface area contributed by atoms with Gasteiger partial charge in [-0.3, -0.25) is 0 Å². The van der Waals surface area contributed by atoms with Crippen molar-refractivity contribution in [2.24, 2.45) is 0 Å². The molecule has 4 nitrogen and oxygen atoms in total. The first-order valence-electron chi connectivity index (χ1n) is 6.44. The summed E-state index contributed by atoms with van der Waals surface area (Å²) >= 11 is 0. The molecule has 0 radical (unpaired) electrons. The molecule has 0 spiro atoms. The molecule has 0 N–H and O–H groups in total. The van der Waals surface area contributed by atoms with Crippen LogP contribution in [0.15, 0.2) is 45.2 Å². The minimum absolute atomic E-state index is 0.615. The van der Waals surface area contributed by atoms with Crippen LogP contribution in [0.2, 0.25) is 0 Å². The van der Waals surface area contributed by atoms with E-state index in [2.05, 4.69) is 16.9 Å². The highest BCUT2D eigenvalue weighted by Gasteiger charge is 2.11. The van der Waals surface area contributed by atoms with Gasteiger partial charge in [-0.05, 0) is 19.1 Å². The number of benzene rings is 2. The predicted molar refractivity (Wildman–Crippen MR) is 76.5 cm³/mol. The van der Waals surface area contributed by atoms with Gasteiger partial charge in [0.15, 0.2) is 17.1 Å². The quantitative estimate of drug-likeness (QED) is 0.515. The van der Waals surface area contributed by atoms with E-state index in [1.807, 2.05) is 43.3 Å². The van der Waals surface area contributed by atoms with E-state index < -0.39 is 0 Å².